The fourth-order valence-corrected chi connectivity index (χ4v) is 1.39. The number of hydrogen-bond donors (Lipinski definition) is 1. The van der Waals surface area contributed by atoms with Gasteiger partial charge in [-0.15, -0.1) is 0 Å². The summed E-state index contributed by atoms with van der Waals surface area (Å²) in [4.78, 5) is 11.8. The Morgan fingerprint density at radius 2 is 1.59 bits per heavy atom. The summed E-state index contributed by atoms with van der Waals surface area (Å²) in [5.41, 5.74) is 1.99. The molecule has 0 saturated carbocycles. The average Bonchev–Trinajstić information content (AvgIpc) is 2.33. The molecule has 1 amide bonds. The highest BCUT2D eigenvalue weighted by atomic mass is 19.1. The maximum Gasteiger partial charge on any atom is 0.255 e. The second-order valence-corrected chi connectivity index (χ2v) is 3.66. The summed E-state index contributed by atoms with van der Waals surface area (Å²) in [6.45, 7) is 3.75. The van der Waals surface area contributed by atoms with Crippen LogP contribution in [0.15, 0.2) is 48.5 Å². The van der Waals surface area contributed by atoms with Crippen molar-refractivity contribution in [3.05, 3.63) is 72.4 Å². The number of carbonyl (C=O) groups excluding carboxylic acids is 1. The van der Waals surface area contributed by atoms with E-state index in [1.807, 2.05) is 0 Å². The van der Waals surface area contributed by atoms with E-state index in [0.29, 0.717) is 11.3 Å². The number of halogens is 1. The third-order valence-corrected chi connectivity index (χ3v) is 2.32. The molecule has 0 aliphatic heterocycles. The van der Waals surface area contributed by atoms with E-state index < -0.39 is 0 Å². The van der Waals surface area contributed by atoms with Gasteiger partial charge in [0.1, 0.15) is 5.82 Å². The van der Waals surface area contributed by atoms with Gasteiger partial charge < -0.3 is 5.32 Å². The standard InChI is InChI=1S/C14H11FNO/c1-10-2-8-13(9-3-10)16-14(17)11-4-6-12(15)7-5-11/h2-9H,1H2,(H,16,17). The molecule has 0 saturated heterocycles. The first-order chi connectivity index (χ1) is 8.15. The molecule has 3 heteroatoms. The van der Waals surface area contributed by atoms with Gasteiger partial charge in [-0.3, -0.25) is 4.79 Å². The Hall–Kier alpha value is -2.16. The molecule has 85 valence electrons. The summed E-state index contributed by atoms with van der Waals surface area (Å²) in [6.07, 6.45) is 0. The van der Waals surface area contributed by atoms with E-state index in [0.717, 1.165) is 5.56 Å². The third-order valence-electron chi connectivity index (χ3n) is 2.32. The lowest BCUT2D eigenvalue weighted by atomic mass is 10.2. The van der Waals surface area contributed by atoms with Gasteiger partial charge in [-0.05, 0) is 48.9 Å². The lowest BCUT2D eigenvalue weighted by Gasteiger charge is -2.05. The SMILES string of the molecule is [CH2]c1ccc(NC(=O)c2ccc(F)cc2)cc1. The molecule has 17 heavy (non-hydrogen) atoms. The van der Waals surface area contributed by atoms with E-state index in [-0.39, 0.29) is 11.7 Å². The number of benzene rings is 2. The Bertz CT molecular complexity index is 517. The van der Waals surface area contributed by atoms with Crippen molar-refractivity contribution in [2.45, 2.75) is 0 Å². The van der Waals surface area contributed by atoms with Gasteiger partial charge in [0, 0.05) is 11.3 Å². The monoisotopic (exact) mass is 228 g/mol. The molecule has 0 aromatic heterocycles. The van der Waals surface area contributed by atoms with E-state index in [4.69, 9.17) is 0 Å². The maximum atomic E-state index is 12.7. The first-order valence-corrected chi connectivity index (χ1v) is 5.14. The van der Waals surface area contributed by atoms with E-state index >= 15 is 0 Å². The van der Waals surface area contributed by atoms with E-state index in [2.05, 4.69) is 12.2 Å². The predicted octanol–water partition coefficient (Wildman–Crippen LogP) is 3.26. The highest BCUT2D eigenvalue weighted by molar-refractivity contribution is 6.04. The van der Waals surface area contributed by atoms with Crippen molar-refractivity contribution in [3.8, 4) is 0 Å². The van der Waals surface area contributed by atoms with Gasteiger partial charge in [0.15, 0.2) is 0 Å². The zero-order chi connectivity index (χ0) is 12.3. The molecular formula is C14H11FNO. The first kappa shape index (κ1) is 11.3. The van der Waals surface area contributed by atoms with Gasteiger partial charge in [-0.1, -0.05) is 12.1 Å². The van der Waals surface area contributed by atoms with Crippen LogP contribution in [0.4, 0.5) is 10.1 Å². The molecule has 2 nitrogen and oxygen atoms in total. The third kappa shape index (κ3) is 2.91. The molecule has 0 aliphatic carbocycles. The van der Waals surface area contributed by atoms with Crippen LogP contribution in [0.25, 0.3) is 0 Å². The highest BCUT2D eigenvalue weighted by Gasteiger charge is 2.05. The zero-order valence-electron chi connectivity index (χ0n) is 9.11. The molecule has 2 rings (SSSR count). The minimum absolute atomic E-state index is 0.262. The number of anilines is 1. The predicted molar refractivity (Wildman–Crippen MR) is 65.3 cm³/mol. The first-order valence-electron chi connectivity index (χ1n) is 5.14. The van der Waals surface area contributed by atoms with Crippen molar-refractivity contribution >= 4 is 11.6 Å². The number of rotatable bonds is 2. The summed E-state index contributed by atoms with van der Waals surface area (Å²) < 4.78 is 12.7. The van der Waals surface area contributed by atoms with Crippen LogP contribution in [-0.4, -0.2) is 5.91 Å². The van der Waals surface area contributed by atoms with Gasteiger partial charge in [0.25, 0.3) is 5.91 Å². The molecule has 1 N–H and O–H groups in total. The van der Waals surface area contributed by atoms with Crippen molar-refractivity contribution in [2.24, 2.45) is 0 Å². The van der Waals surface area contributed by atoms with Crippen molar-refractivity contribution in [3.63, 3.8) is 0 Å². The number of nitrogens with one attached hydrogen (secondary N) is 1. The van der Waals surface area contributed by atoms with Crippen LogP contribution >= 0.6 is 0 Å². The van der Waals surface area contributed by atoms with E-state index in [1.54, 1.807) is 24.3 Å². The molecule has 2 aromatic rings. The van der Waals surface area contributed by atoms with Crippen LogP contribution in [0.2, 0.25) is 0 Å². The molecule has 0 unspecified atom stereocenters. The Balaban J connectivity index is 2.11. The smallest absolute Gasteiger partial charge is 0.255 e. The zero-order valence-corrected chi connectivity index (χ0v) is 9.11. The highest BCUT2D eigenvalue weighted by Crippen LogP contribution is 2.11. The lowest BCUT2D eigenvalue weighted by Crippen LogP contribution is -2.11. The van der Waals surface area contributed by atoms with Crippen molar-refractivity contribution < 1.29 is 9.18 Å². The Morgan fingerprint density at radius 3 is 2.18 bits per heavy atom. The van der Waals surface area contributed by atoms with Crippen molar-refractivity contribution in [1.29, 1.82) is 0 Å². The number of carbonyl (C=O) groups is 1. The summed E-state index contributed by atoms with van der Waals surface area (Å²) in [6, 6.07) is 12.6. The fraction of sp³-hybridized carbons (Fsp3) is 0. The minimum atomic E-state index is -0.358. The van der Waals surface area contributed by atoms with Gasteiger partial charge in [-0.25, -0.2) is 4.39 Å². The molecule has 0 heterocycles. The molecule has 0 fully saturated rings. The van der Waals surface area contributed by atoms with Crippen molar-refractivity contribution in [2.75, 3.05) is 5.32 Å². The molecular weight excluding hydrogens is 217 g/mol. The van der Waals surface area contributed by atoms with Gasteiger partial charge in [0.05, 0.1) is 0 Å². The molecule has 0 bridgehead atoms. The van der Waals surface area contributed by atoms with Gasteiger partial charge >= 0.3 is 0 Å². The Kier molecular flexibility index (Phi) is 3.19. The normalized spacial score (nSPS) is 10.0. The number of amides is 1. The molecule has 0 atom stereocenters. The summed E-state index contributed by atoms with van der Waals surface area (Å²) in [5.74, 6) is -0.621. The van der Waals surface area contributed by atoms with Crippen LogP contribution in [0.3, 0.4) is 0 Å². The van der Waals surface area contributed by atoms with Gasteiger partial charge in [-0.2, -0.15) is 0 Å². The van der Waals surface area contributed by atoms with Gasteiger partial charge in [0.2, 0.25) is 0 Å². The van der Waals surface area contributed by atoms with Crippen LogP contribution < -0.4 is 5.32 Å². The average molecular weight is 228 g/mol. The second kappa shape index (κ2) is 4.78. The quantitative estimate of drug-likeness (QED) is 0.839. The summed E-state index contributed by atoms with van der Waals surface area (Å²) in [5, 5.41) is 2.72. The molecule has 0 spiro atoms. The molecule has 0 aliphatic rings. The van der Waals surface area contributed by atoms with Crippen LogP contribution in [0.1, 0.15) is 15.9 Å². The molecule has 1 radical (unpaired) electrons. The van der Waals surface area contributed by atoms with Crippen LogP contribution in [-0.2, 0) is 0 Å². The van der Waals surface area contributed by atoms with Crippen LogP contribution in [0, 0.1) is 12.7 Å². The topological polar surface area (TPSA) is 29.1 Å². The van der Waals surface area contributed by atoms with Crippen molar-refractivity contribution in [1.82, 2.24) is 0 Å². The summed E-state index contributed by atoms with van der Waals surface area (Å²) >= 11 is 0. The molecule has 2 aromatic carbocycles. The Labute approximate surface area is 99.1 Å². The Morgan fingerprint density at radius 1 is 1.00 bits per heavy atom. The summed E-state index contributed by atoms with van der Waals surface area (Å²) in [7, 11) is 0. The van der Waals surface area contributed by atoms with E-state index in [9.17, 15) is 9.18 Å². The largest absolute Gasteiger partial charge is 0.322 e. The fourth-order valence-electron chi connectivity index (χ4n) is 1.39. The van der Waals surface area contributed by atoms with Crippen LogP contribution in [0.5, 0.6) is 0 Å². The maximum absolute atomic E-state index is 12.7. The second-order valence-electron chi connectivity index (χ2n) is 3.66. The number of hydrogen-bond acceptors (Lipinski definition) is 1. The van der Waals surface area contributed by atoms with E-state index in [1.165, 1.54) is 24.3 Å². The minimum Gasteiger partial charge on any atom is -0.322 e. The lowest BCUT2D eigenvalue weighted by molar-refractivity contribution is 0.102.